The molecule has 5 nitrogen and oxygen atoms in total. The highest BCUT2D eigenvalue weighted by atomic mass is 127. The average molecular weight is 332 g/mol. The quantitative estimate of drug-likeness (QED) is 0.748. The van der Waals surface area contributed by atoms with Crippen LogP contribution in [0.2, 0.25) is 0 Å². The molecule has 86 valence electrons. The number of imidazole rings is 1. The van der Waals surface area contributed by atoms with Crippen molar-refractivity contribution in [2.45, 2.75) is 6.92 Å². The monoisotopic (exact) mass is 332 g/mol. The summed E-state index contributed by atoms with van der Waals surface area (Å²) in [4.78, 5) is 17.7. The molecule has 0 aliphatic heterocycles. The van der Waals surface area contributed by atoms with Crippen LogP contribution < -0.4 is 5.73 Å². The molecule has 2 rings (SSSR count). The van der Waals surface area contributed by atoms with Crippen LogP contribution in [0.3, 0.4) is 0 Å². The number of carbonyl (C=O) groups excluding carboxylic acids is 1. The Labute approximate surface area is 111 Å². The SMILES string of the molecule is Cc1cccnc1.I.NC(=O)n1ccnc1. The highest BCUT2D eigenvalue weighted by Gasteiger charge is 1.91. The summed E-state index contributed by atoms with van der Waals surface area (Å²) in [5.74, 6) is 0. The number of hydrogen-bond acceptors (Lipinski definition) is 3. The van der Waals surface area contributed by atoms with E-state index in [2.05, 4.69) is 9.97 Å². The number of carbonyl (C=O) groups is 1. The summed E-state index contributed by atoms with van der Waals surface area (Å²) in [6.45, 7) is 2.02. The molecular formula is C10H13IN4O. The smallest absolute Gasteiger partial charge is 0.324 e. The lowest BCUT2D eigenvalue weighted by Crippen LogP contribution is -2.17. The van der Waals surface area contributed by atoms with Gasteiger partial charge in [-0.2, -0.15) is 0 Å². The van der Waals surface area contributed by atoms with E-state index in [0.717, 1.165) is 0 Å². The first-order chi connectivity index (χ1) is 7.20. The summed E-state index contributed by atoms with van der Waals surface area (Å²) in [7, 11) is 0. The molecule has 0 atom stereocenters. The molecule has 0 fully saturated rings. The summed E-state index contributed by atoms with van der Waals surface area (Å²) in [6.07, 6.45) is 7.93. The average Bonchev–Trinajstić information content (AvgIpc) is 2.72. The lowest BCUT2D eigenvalue weighted by molar-refractivity contribution is 0.250. The third-order valence-electron chi connectivity index (χ3n) is 1.57. The molecule has 0 saturated heterocycles. The Hall–Kier alpha value is -1.44. The van der Waals surface area contributed by atoms with Gasteiger partial charge in [0.25, 0.3) is 0 Å². The van der Waals surface area contributed by atoms with Gasteiger partial charge in [-0.05, 0) is 18.6 Å². The molecule has 2 aromatic heterocycles. The van der Waals surface area contributed by atoms with Gasteiger partial charge in [0.1, 0.15) is 6.33 Å². The summed E-state index contributed by atoms with van der Waals surface area (Å²) in [5.41, 5.74) is 6.05. The second-order valence-electron chi connectivity index (χ2n) is 2.84. The largest absolute Gasteiger partial charge is 0.351 e. The van der Waals surface area contributed by atoms with Gasteiger partial charge in [-0.1, -0.05) is 6.07 Å². The second kappa shape index (κ2) is 7.80. The Morgan fingerprint density at radius 2 is 2.12 bits per heavy atom. The minimum atomic E-state index is -0.512. The molecule has 0 unspecified atom stereocenters. The van der Waals surface area contributed by atoms with E-state index in [1.165, 1.54) is 28.9 Å². The zero-order chi connectivity index (χ0) is 11.1. The molecule has 0 aliphatic rings. The lowest BCUT2D eigenvalue weighted by Gasteiger charge is -1.87. The fourth-order valence-corrected chi connectivity index (χ4v) is 0.838. The molecule has 0 aliphatic carbocycles. The number of nitrogens with zero attached hydrogens (tertiary/aromatic N) is 3. The van der Waals surface area contributed by atoms with Crippen LogP contribution in [0.4, 0.5) is 4.79 Å². The van der Waals surface area contributed by atoms with E-state index in [-0.39, 0.29) is 24.0 Å². The van der Waals surface area contributed by atoms with Gasteiger partial charge in [-0.25, -0.2) is 9.78 Å². The Bertz CT molecular complexity index is 402. The van der Waals surface area contributed by atoms with Crippen molar-refractivity contribution in [1.29, 1.82) is 0 Å². The molecule has 0 bridgehead atoms. The van der Waals surface area contributed by atoms with E-state index < -0.39 is 6.03 Å². The number of amides is 1. The molecule has 0 radical (unpaired) electrons. The zero-order valence-electron chi connectivity index (χ0n) is 8.78. The van der Waals surface area contributed by atoms with Crippen LogP contribution in [0.1, 0.15) is 5.56 Å². The van der Waals surface area contributed by atoms with Crippen molar-refractivity contribution in [2.24, 2.45) is 5.73 Å². The molecular weight excluding hydrogens is 319 g/mol. The van der Waals surface area contributed by atoms with Crippen molar-refractivity contribution < 1.29 is 4.79 Å². The Morgan fingerprint density at radius 1 is 1.38 bits per heavy atom. The Balaban J connectivity index is 0.000000267. The molecule has 6 heteroatoms. The molecule has 0 aromatic carbocycles. The minimum absolute atomic E-state index is 0. The number of aryl methyl sites for hydroxylation is 1. The highest BCUT2D eigenvalue weighted by molar-refractivity contribution is 14.0. The number of rotatable bonds is 0. The van der Waals surface area contributed by atoms with Crippen LogP contribution >= 0.6 is 24.0 Å². The third-order valence-corrected chi connectivity index (χ3v) is 1.57. The minimum Gasteiger partial charge on any atom is -0.351 e. The normalized spacial score (nSPS) is 8.31. The second-order valence-corrected chi connectivity index (χ2v) is 2.84. The molecule has 1 amide bonds. The number of halogens is 1. The van der Waals surface area contributed by atoms with Crippen molar-refractivity contribution in [2.75, 3.05) is 0 Å². The lowest BCUT2D eigenvalue weighted by atomic mass is 10.3. The van der Waals surface area contributed by atoms with Crippen LogP contribution in [-0.4, -0.2) is 20.6 Å². The Morgan fingerprint density at radius 3 is 2.38 bits per heavy atom. The van der Waals surface area contributed by atoms with Crippen molar-refractivity contribution in [3.05, 3.63) is 48.8 Å². The van der Waals surface area contributed by atoms with E-state index in [1.54, 1.807) is 6.20 Å². The van der Waals surface area contributed by atoms with Gasteiger partial charge in [-0.3, -0.25) is 9.55 Å². The maximum Gasteiger partial charge on any atom is 0.324 e. The van der Waals surface area contributed by atoms with Gasteiger partial charge in [0.15, 0.2) is 0 Å². The van der Waals surface area contributed by atoms with Crippen LogP contribution in [0.25, 0.3) is 0 Å². The standard InChI is InChI=1S/C6H7N.C4H5N3O.HI/c1-6-3-2-4-7-5-6;5-4(8)7-2-1-6-3-7;/h2-5H,1H3;1-3H,(H2,5,8);1H. The number of hydrogen-bond donors (Lipinski definition) is 1. The molecule has 2 heterocycles. The van der Waals surface area contributed by atoms with Crippen LogP contribution in [0, 0.1) is 6.92 Å². The van der Waals surface area contributed by atoms with Gasteiger partial charge in [0, 0.05) is 24.8 Å². The van der Waals surface area contributed by atoms with Gasteiger partial charge in [-0.15, -0.1) is 24.0 Å². The van der Waals surface area contributed by atoms with Crippen molar-refractivity contribution >= 4 is 30.0 Å². The van der Waals surface area contributed by atoms with Crippen LogP contribution in [0.5, 0.6) is 0 Å². The third kappa shape index (κ3) is 5.44. The zero-order valence-corrected chi connectivity index (χ0v) is 11.1. The fraction of sp³-hybridized carbons (Fsp3) is 0.100. The van der Waals surface area contributed by atoms with E-state index in [9.17, 15) is 4.79 Å². The number of primary amides is 1. The molecule has 2 N–H and O–H groups in total. The van der Waals surface area contributed by atoms with E-state index in [4.69, 9.17) is 5.73 Å². The maximum atomic E-state index is 10.2. The van der Waals surface area contributed by atoms with Crippen molar-refractivity contribution in [3.63, 3.8) is 0 Å². The van der Waals surface area contributed by atoms with Gasteiger partial charge in [0.05, 0.1) is 0 Å². The first-order valence-electron chi connectivity index (χ1n) is 4.34. The molecule has 0 saturated carbocycles. The number of pyridine rings is 1. The maximum absolute atomic E-state index is 10.2. The summed E-state index contributed by atoms with van der Waals surface area (Å²) < 4.78 is 1.19. The first-order valence-corrected chi connectivity index (χ1v) is 4.34. The van der Waals surface area contributed by atoms with Crippen molar-refractivity contribution in [1.82, 2.24) is 14.5 Å². The summed E-state index contributed by atoms with van der Waals surface area (Å²) in [5, 5.41) is 0. The van der Waals surface area contributed by atoms with E-state index in [1.807, 2.05) is 25.3 Å². The summed E-state index contributed by atoms with van der Waals surface area (Å²) in [6, 6.07) is 3.44. The molecule has 16 heavy (non-hydrogen) atoms. The first kappa shape index (κ1) is 14.6. The van der Waals surface area contributed by atoms with Gasteiger partial charge >= 0.3 is 6.03 Å². The molecule has 2 aromatic rings. The highest BCUT2D eigenvalue weighted by Crippen LogP contribution is 1.88. The molecule has 0 spiro atoms. The Kier molecular flexibility index (Phi) is 7.10. The van der Waals surface area contributed by atoms with Gasteiger partial charge in [0.2, 0.25) is 0 Å². The topological polar surface area (TPSA) is 73.8 Å². The van der Waals surface area contributed by atoms with Crippen LogP contribution in [-0.2, 0) is 0 Å². The number of aromatic nitrogens is 3. The van der Waals surface area contributed by atoms with Crippen LogP contribution in [0.15, 0.2) is 43.2 Å². The summed E-state index contributed by atoms with van der Waals surface area (Å²) >= 11 is 0. The predicted octanol–water partition coefficient (Wildman–Crippen LogP) is 1.82. The van der Waals surface area contributed by atoms with Gasteiger partial charge < -0.3 is 5.73 Å². The van der Waals surface area contributed by atoms with E-state index >= 15 is 0 Å². The number of nitrogens with two attached hydrogens (primary N) is 1. The predicted molar refractivity (Wildman–Crippen MR) is 71.6 cm³/mol. The van der Waals surface area contributed by atoms with Crippen molar-refractivity contribution in [3.8, 4) is 0 Å². The fourth-order valence-electron chi connectivity index (χ4n) is 0.838. The van der Waals surface area contributed by atoms with E-state index in [0.29, 0.717) is 0 Å².